The summed E-state index contributed by atoms with van der Waals surface area (Å²) < 4.78 is 16.4. The molecule has 0 saturated carbocycles. The topological polar surface area (TPSA) is 74.0 Å². The number of amides is 1. The second-order valence-corrected chi connectivity index (χ2v) is 8.44. The predicted molar refractivity (Wildman–Crippen MR) is 96.4 cm³/mol. The van der Waals surface area contributed by atoms with E-state index in [9.17, 15) is 4.79 Å². The van der Waals surface area contributed by atoms with E-state index in [0.29, 0.717) is 31.1 Å². The number of rotatable bonds is 11. The van der Waals surface area contributed by atoms with Gasteiger partial charge in [-0.25, -0.2) is 0 Å². The maximum Gasteiger partial charge on any atom is 0.500 e. The molecule has 0 aliphatic carbocycles. The van der Waals surface area contributed by atoms with Crippen LogP contribution in [-0.2, 0) is 13.3 Å². The molecule has 2 N–H and O–H groups in total. The van der Waals surface area contributed by atoms with Crippen LogP contribution in [0.25, 0.3) is 0 Å². The fourth-order valence-corrected chi connectivity index (χ4v) is 4.58. The smallest absolute Gasteiger partial charge is 0.377 e. The van der Waals surface area contributed by atoms with E-state index < -0.39 is 8.80 Å². The summed E-state index contributed by atoms with van der Waals surface area (Å²) in [6, 6.07) is 9.75. The van der Waals surface area contributed by atoms with Gasteiger partial charge in [0, 0.05) is 39.5 Å². The zero-order valence-corrected chi connectivity index (χ0v) is 15.7. The summed E-state index contributed by atoms with van der Waals surface area (Å²) in [4.78, 5) is 14.1. The van der Waals surface area contributed by atoms with E-state index in [2.05, 4.69) is 6.58 Å². The molecular formula is C17H28N2O4Si. The normalized spacial score (nSPS) is 12.7. The molecule has 7 heteroatoms. The molecule has 1 unspecified atom stereocenters. The molecule has 0 radical (unpaired) electrons. The molecule has 0 saturated heterocycles. The van der Waals surface area contributed by atoms with Crippen LogP contribution in [0.5, 0.6) is 0 Å². The molecule has 1 atom stereocenters. The Morgan fingerprint density at radius 2 is 1.83 bits per heavy atom. The number of benzene rings is 1. The van der Waals surface area contributed by atoms with Gasteiger partial charge in [-0.1, -0.05) is 24.8 Å². The van der Waals surface area contributed by atoms with Gasteiger partial charge in [-0.3, -0.25) is 4.79 Å². The molecule has 0 aliphatic heterocycles. The lowest BCUT2D eigenvalue weighted by Gasteiger charge is -2.29. The molecule has 1 aromatic rings. The van der Waals surface area contributed by atoms with Gasteiger partial charge in [-0.2, -0.15) is 0 Å². The average molecular weight is 353 g/mol. The fraction of sp³-hybridized carbons (Fsp3) is 0.471. The molecule has 1 aromatic carbocycles. The summed E-state index contributed by atoms with van der Waals surface area (Å²) >= 11 is 0. The van der Waals surface area contributed by atoms with Crippen molar-refractivity contribution < 1.29 is 18.1 Å². The van der Waals surface area contributed by atoms with E-state index in [1.165, 1.54) is 0 Å². The van der Waals surface area contributed by atoms with Gasteiger partial charge in [-0.05, 0) is 37.2 Å². The van der Waals surface area contributed by atoms with Gasteiger partial charge in [0.05, 0.1) is 0 Å². The number of nitrogens with zero attached hydrogens (tertiary/aromatic N) is 1. The van der Waals surface area contributed by atoms with E-state index in [-0.39, 0.29) is 11.8 Å². The Morgan fingerprint density at radius 3 is 2.29 bits per heavy atom. The second-order valence-electron chi connectivity index (χ2n) is 5.44. The Morgan fingerprint density at radius 1 is 1.25 bits per heavy atom. The van der Waals surface area contributed by atoms with Gasteiger partial charge < -0.3 is 23.9 Å². The van der Waals surface area contributed by atoms with Crippen LogP contribution in [0.2, 0.25) is 6.04 Å². The highest BCUT2D eigenvalue weighted by Gasteiger charge is 2.40. The first-order valence-electron chi connectivity index (χ1n) is 7.89. The van der Waals surface area contributed by atoms with E-state index in [4.69, 9.17) is 19.0 Å². The predicted octanol–water partition coefficient (Wildman–Crippen LogP) is 2.12. The minimum atomic E-state index is -2.68. The summed E-state index contributed by atoms with van der Waals surface area (Å²) in [5, 5.41) is 0. The van der Waals surface area contributed by atoms with Crippen LogP contribution in [-0.4, -0.2) is 54.0 Å². The minimum absolute atomic E-state index is 0.0740. The van der Waals surface area contributed by atoms with Crippen molar-refractivity contribution in [3.63, 3.8) is 0 Å². The minimum Gasteiger partial charge on any atom is -0.377 e. The third-order valence-electron chi connectivity index (χ3n) is 4.09. The van der Waals surface area contributed by atoms with E-state index in [1.54, 1.807) is 44.6 Å². The first-order valence-corrected chi connectivity index (χ1v) is 9.83. The third-order valence-corrected chi connectivity index (χ3v) is 7.03. The van der Waals surface area contributed by atoms with Crippen molar-refractivity contribution in [3.05, 3.63) is 48.7 Å². The van der Waals surface area contributed by atoms with Gasteiger partial charge in [0.15, 0.2) is 0 Å². The Labute approximate surface area is 145 Å². The van der Waals surface area contributed by atoms with Crippen molar-refractivity contribution >= 4 is 14.7 Å². The Balaban J connectivity index is 2.69. The average Bonchev–Trinajstić information content (AvgIpc) is 2.65. The first-order chi connectivity index (χ1) is 11.6. The molecule has 134 valence electrons. The summed E-state index contributed by atoms with van der Waals surface area (Å²) in [7, 11) is 2.07. The standard InChI is InChI=1S/C17H28N2O4Si/c1-5-19(17(20)16-9-7-6-8-10-16)12-11-15(13-18)14-24(21-2,22-3)23-4/h5-10,15H,1,11-14,18H2,2-4H3. The quantitative estimate of drug-likeness (QED) is 0.618. The van der Waals surface area contributed by atoms with Crippen molar-refractivity contribution in [1.82, 2.24) is 4.90 Å². The highest BCUT2D eigenvalue weighted by molar-refractivity contribution is 6.60. The second kappa shape index (κ2) is 10.4. The summed E-state index contributed by atoms with van der Waals surface area (Å²) in [6.07, 6.45) is 2.27. The Kier molecular flexibility index (Phi) is 8.87. The number of carbonyl (C=O) groups excluding carboxylic acids is 1. The van der Waals surface area contributed by atoms with Crippen molar-refractivity contribution in [2.24, 2.45) is 11.7 Å². The Bertz CT molecular complexity index is 500. The van der Waals surface area contributed by atoms with Crippen LogP contribution in [0, 0.1) is 5.92 Å². The van der Waals surface area contributed by atoms with Crippen LogP contribution in [0.3, 0.4) is 0 Å². The van der Waals surface area contributed by atoms with Gasteiger partial charge >= 0.3 is 8.80 Å². The molecule has 0 bridgehead atoms. The van der Waals surface area contributed by atoms with Crippen molar-refractivity contribution in [3.8, 4) is 0 Å². The van der Waals surface area contributed by atoms with Crippen molar-refractivity contribution in [2.75, 3.05) is 34.4 Å². The molecular weight excluding hydrogens is 324 g/mol. The monoisotopic (exact) mass is 352 g/mol. The SMILES string of the molecule is C=CN(CCC(CN)C[Si](OC)(OC)OC)C(=O)c1ccccc1. The molecule has 6 nitrogen and oxygen atoms in total. The molecule has 24 heavy (non-hydrogen) atoms. The summed E-state index contributed by atoms with van der Waals surface area (Å²) in [5.74, 6) is 0.0534. The number of hydrogen-bond acceptors (Lipinski definition) is 5. The Hall–Kier alpha value is -1.51. The lowest BCUT2D eigenvalue weighted by molar-refractivity contribution is 0.0814. The van der Waals surface area contributed by atoms with E-state index in [0.717, 1.165) is 0 Å². The maximum atomic E-state index is 12.5. The van der Waals surface area contributed by atoms with Crippen LogP contribution in [0.4, 0.5) is 0 Å². The zero-order valence-electron chi connectivity index (χ0n) is 14.7. The van der Waals surface area contributed by atoms with Crippen LogP contribution in [0.15, 0.2) is 43.1 Å². The summed E-state index contributed by atoms with van der Waals surface area (Å²) in [6.45, 7) is 4.74. The zero-order chi connectivity index (χ0) is 18.0. The number of hydrogen-bond donors (Lipinski definition) is 1. The summed E-state index contributed by atoms with van der Waals surface area (Å²) in [5.41, 5.74) is 6.52. The van der Waals surface area contributed by atoms with Gasteiger partial charge in [0.1, 0.15) is 0 Å². The first kappa shape index (κ1) is 20.5. The fourth-order valence-electron chi connectivity index (χ4n) is 2.50. The molecule has 0 heterocycles. The van der Waals surface area contributed by atoms with E-state index in [1.807, 2.05) is 18.2 Å². The third kappa shape index (κ3) is 5.54. The molecule has 0 fully saturated rings. The highest BCUT2D eigenvalue weighted by atomic mass is 28.4. The highest BCUT2D eigenvalue weighted by Crippen LogP contribution is 2.22. The number of nitrogens with two attached hydrogens (primary N) is 1. The van der Waals surface area contributed by atoms with Gasteiger partial charge in [0.25, 0.3) is 5.91 Å². The molecule has 1 amide bonds. The number of carbonyl (C=O) groups is 1. The van der Waals surface area contributed by atoms with Crippen LogP contribution < -0.4 is 5.73 Å². The van der Waals surface area contributed by atoms with Gasteiger partial charge in [-0.15, -0.1) is 0 Å². The van der Waals surface area contributed by atoms with Gasteiger partial charge in [0.2, 0.25) is 0 Å². The lowest BCUT2D eigenvalue weighted by Crippen LogP contribution is -2.45. The molecule has 1 rings (SSSR count). The van der Waals surface area contributed by atoms with Crippen molar-refractivity contribution in [2.45, 2.75) is 12.5 Å². The van der Waals surface area contributed by atoms with Crippen molar-refractivity contribution in [1.29, 1.82) is 0 Å². The van der Waals surface area contributed by atoms with Crippen LogP contribution >= 0.6 is 0 Å². The molecule has 0 aliphatic rings. The van der Waals surface area contributed by atoms with E-state index >= 15 is 0 Å². The lowest BCUT2D eigenvalue weighted by atomic mass is 10.1. The molecule has 0 aromatic heterocycles. The maximum absolute atomic E-state index is 12.5. The molecule has 0 spiro atoms. The van der Waals surface area contributed by atoms with Crippen LogP contribution in [0.1, 0.15) is 16.8 Å². The largest absolute Gasteiger partial charge is 0.500 e.